The number of cyclic esters (lactones) is 2. The lowest BCUT2D eigenvalue weighted by Gasteiger charge is -2.34. The van der Waals surface area contributed by atoms with Gasteiger partial charge in [-0.15, -0.1) is 0 Å². The molecule has 0 bridgehead atoms. The Bertz CT molecular complexity index is 2750. The third-order valence-electron chi connectivity index (χ3n) is 15.8. The van der Waals surface area contributed by atoms with Crippen LogP contribution in [0, 0.1) is 17.8 Å². The van der Waals surface area contributed by atoms with E-state index in [1.807, 2.05) is 93.5 Å². The fourth-order valence-electron chi connectivity index (χ4n) is 9.78. The van der Waals surface area contributed by atoms with Crippen LogP contribution in [0.2, 0.25) is 5.02 Å². The van der Waals surface area contributed by atoms with Crippen molar-refractivity contribution in [3.8, 4) is 0 Å². The monoisotopic (exact) mass is 1330 g/mol. The number of nitrogens with one attached hydrogen (secondary N) is 5. The zero-order chi connectivity index (χ0) is 68.0. The van der Waals surface area contributed by atoms with E-state index in [0.29, 0.717) is 81.0 Å². The van der Waals surface area contributed by atoms with Crippen molar-refractivity contribution in [2.75, 3.05) is 52.7 Å². The maximum absolute atomic E-state index is 15.1. The van der Waals surface area contributed by atoms with Crippen LogP contribution < -0.4 is 26.6 Å². The molecule has 2 aromatic rings. The van der Waals surface area contributed by atoms with Gasteiger partial charge in [-0.05, 0) is 164 Å². The molecule has 0 fully saturated rings. The number of allylic oxidation sites excluding steroid dienone is 2. The number of unbranched alkanes of at least 4 members (excludes halogenated alkanes) is 1. The van der Waals surface area contributed by atoms with E-state index in [1.54, 1.807) is 61.2 Å². The van der Waals surface area contributed by atoms with Crippen molar-refractivity contribution in [2.24, 2.45) is 17.8 Å². The Kier molecular flexibility index (Phi) is 35.0. The molecule has 91 heavy (non-hydrogen) atoms. The number of ether oxygens (including phenoxy) is 4. The molecule has 5 N–H and O–H groups in total. The number of amides is 7. The molecule has 7 amide bonds. The maximum atomic E-state index is 15.1. The van der Waals surface area contributed by atoms with Crippen molar-refractivity contribution < 1.29 is 62.1 Å². The smallest absolute Gasteiger partial charge is 0.334 e. The van der Waals surface area contributed by atoms with Crippen molar-refractivity contribution in [1.82, 2.24) is 41.4 Å². The Balaban J connectivity index is 1.83. The molecule has 0 spiro atoms. The van der Waals surface area contributed by atoms with Crippen LogP contribution in [0.15, 0.2) is 77.0 Å². The average Bonchev–Trinajstić information content (AvgIpc) is 1.20. The third kappa shape index (κ3) is 29.7. The fourth-order valence-corrected chi connectivity index (χ4v) is 11.8. The summed E-state index contributed by atoms with van der Waals surface area (Å²) in [6.45, 7) is 24.3. The minimum Gasteiger partial charge on any atom is -0.456 e. The number of carbonyl (C=O) groups excluding carboxylic acids is 9. The number of aromatic nitrogens is 1. The van der Waals surface area contributed by atoms with E-state index < -0.39 is 102 Å². The number of hydrogen-bond acceptors (Lipinski definition) is 16. The summed E-state index contributed by atoms with van der Waals surface area (Å²) in [5, 5.41) is 15.6. The summed E-state index contributed by atoms with van der Waals surface area (Å²) in [7, 11) is 5.95. The minimum absolute atomic E-state index is 0.0317. The van der Waals surface area contributed by atoms with E-state index in [1.165, 1.54) is 36.7 Å². The first-order valence-electron chi connectivity index (χ1n) is 31.8. The molecule has 1 aliphatic rings. The van der Waals surface area contributed by atoms with Crippen LogP contribution in [-0.4, -0.2) is 168 Å². The van der Waals surface area contributed by atoms with Crippen molar-refractivity contribution >= 4 is 86.5 Å². The van der Waals surface area contributed by atoms with Crippen molar-refractivity contribution in [2.45, 2.75) is 213 Å². The van der Waals surface area contributed by atoms with Gasteiger partial charge >= 0.3 is 11.9 Å². The highest BCUT2D eigenvalue weighted by molar-refractivity contribution is 8.76. The second-order valence-corrected chi connectivity index (χ2v) is 28.1. The quantitative estimate of drug-likeness (QED) is 0.0242. The lowest BCUT2D eigenvalue weighted by Crippen LogP contribution is -2.58. The van der Waals surface area contributed by atoms with E-state index >= 15 is 4.79 Å². The summed E-state index contributed by atoms with van der Waals surface area (Å²) in [6, 6.07) is 7.70. The fraction of sp³-hybridized carbons (Fsp3) is 0.642. The molecule has 0 aliphatic carbocycles. The second-order valence-electron chi connectivity index (χ2n) is 25.2. The number of benzene rings is 1. The van der Waals surface area contributed by atoms with Crippen molar-refractivity contribution in [3.63, 3.8) is 0 Å². The second kappa shape index (κ2) is 40.2. The van der Waals surface area contributed by atoms with Crippen LogP contribution in [0.1, 0.15) is 160 Å². The zero-order valence-electron chi connectivity index (χ0n) is 56.3. The highest BCUT2D eigenvalue weighted by Crippen LogP contribution is 2.30. The molecule has 0 saturated heterocycles. The molecule has 21 nitrogen and oxygen atoms in total. The molecule has 1 aliphatic heterocycles. The highest BCUT2D eigenvalue weighted by Gasteiger charge is 2.38. The van der Waals surface area contributed by atoms with Gasteiger partial charge in [0.15, 0.2) is 6.10 Å². The van der Waals surface area contributed by atoms with Crippen molar-refractivity contribution in [3.05, 3.63) is 82.5 Å². The van der Waals surface area contributed by atoms with Crippen LogP contribution in [-0.2, 0) is 68.5 Å². The summed E-state index contributed by atoms with van der Waals surface area (Å²) in [5.41, 5.74) is 0.247. The zero-order valence-corrected chi connectivity index (χ0v) is 58.7. The molecule has 3 rings (SSSR count). The van der Waals surface area contributed by atoms with Crippen molar-refractivity contribution in [1.29, 1.82) is 0 Å². The number of pyridine rings is 1. The van der Waals surface area contributed by atoms with Gasteiger partial charge in [0.25, 0.3) is 5.91 Å². The first kappa shape index (κ1) is 79.2. The number of hydrogen-bond donors (Lipinski definition) is 5. The Morgan fingerprint density at radius 2 is 1.55 bits per heavy atom. The highest BCUT2D eigenvalue weighted by atomic mass is 35.5. The van der Waals surface area contributed by atoms with E-state index in [9.17, 15) is 38.4 Å². The predicted molar refractivity (Wildman–Crippen MR) is 357 cm³/mol. The summed E-state index contributed by atoms with van der Waals surface area (Å²) in [5.74, 6) is -5.17. The molecule has 1 aromatic heterocycles. The first-order chi connectivity index (χ1) is 42.9. The molecule has 24 heteroatoms. The van der Waals surface area contributed by atoms with Gasteiger partial charge in [-0.25, -0.2) is 14.6 Å². The minimum atomic E-state index is -1.32. The number of carbonyl (C=O) groups is 9. The van der Waals surface area contributed by atoms with E-state index in [4.69, 9.17) is 30.5 Å². The van der Waals surface area contributed by atoms with Gasteiger partial charge in [-0.2, -0.15) is 0 Å². The largest absolute Gasteiger partial charge is 0.456 e. The molecule has 1 unspecified atom stereocenters. The predicted octanol–water partition coefficient (Wildman–Crippen LogP) is 8.90. The number of likely N-dealkylation sites (N-methyl/N-ethyl adjacent to an activating group) is 2. The van der Waals surface area contributed by atoms with Gasteiger partial charge in [0.1, 0.15) is 35.3 Å². The topological polar surface area (TPSA) is 270 Å². The lowest BCUT2D eigenvalue weighted by molar-refractivity contribution is -0.154. The summed E-state index contributed by atoms with van der Waals surface area (Å²) in [4.78, 5) is 132. The van der Waals surface area contributed by atoms with Gasteiger partial charge < -0.3 is 55.3 Å². The summed E-state index contributed by atoms with van der Waals surface area (Å²) >= 11 is 6.26. The van der Waals surface area contributed by atoms with Crippen LogP contribution in [0.4, 0.5) is 0 Å². The lowest BCUT2D eigenvalue weighted by atomic mass is 9.93. The summed E-state index contributed by atoms with van der Waals surface area (Å²) < 4.78 is 24.2. The number of rotatable bonds is 27. The van der Waals surface area contributed by atoms with E-state index in [2.05, 4.69) is 31.6 Å². The molecule has 1 aromatic carbocycles. The Hall–Kier alpha value is -6.01. The Morgan fingerprint density at radius 1 is 0.868 bits per heavy atom. The first-order valence-corrected chi connectivity index (χ1v) is 34.5. The van der Waals surface area contributed by atoms with Crippen LogP contribution in [0.5, 0.6) is 0 Å². The Morgan fingerprint density at radius 3 is 2.20 bits per heavy atom. The van der Waals surface area contributed by atoms with Crippen LogP contribution in [0.3, 0.4) is 0 Å². The Labute approximate surface area is 553 Å². The normalized spacial score (nSPS) is 22.3. The maximum Gasteiger partial charge on any atom is 0.334 e. The van der Waals surface area contributed by atoms with Crippen LogP contribution >= 0.6 is 33.2 Å². The molecule has 0 radical (unpaired) electrons. The summed E-state index contributed by atoms with van der Waals surface area (Å²) in [6.07, 6.45) is 6.39. The molecule has 508 valence electrons. The number of halogens is 1. The van der Waals surface area contributed by atoms with Crippen LogP contribution in [0.25, 0.3) is 0 Å². The molecule has 0 saturated carbocycles. The number of nitrogens with zero attached hydrogens (tertiary/aromatic N) is 3. The van der Waals surface area contributed by atoms with Gasteiger partial charge in [-0.3, -0.25) is 33.6 Å². The van der Waals surface area contributed by atoms with Gasteiger partial charge in [0, 0.05) is 62.6 Å². The van der Waals surface area contributed by atoms with Gasteiger partial charge in [-0.1, -0.05) is 93.8 Å². The number of esters is 2. The molecular weight excluding hydrogens is 1220 g/mol. The molecular formula is C67H103ClN8O13S2. The van der Waals surface area contributed by atoms with Gasteiger partial charge in [0.2, 0.25) is 35.4 Å². The SMILES string of the molecule is C/C=C(\C)[C@H]1OC(=O)[C@@H](C)NC(=O)[C@H]([C@H](C)CC)NC(=O)CN(C)C(=O)[C@@H](Cc2ccc(Cl)cc2)N(C)C(=O)C(CCCCNC(=O)CC(C)(C)OCCC(C)(C)OCCNC(=O)CCSSc2ccccn2)NC(=O)[C@@H](CC(C)C)OC(=O)/C(C)=C/CC[C@@H]1C. The average molecular weight is 1330 g/mol. The van der Waals surface area contributed by atoms with E-state index in [0.717, 1.165) is 15.5 Å². The third-order valence-corrected chi connectivity index (χ3v) is 18.3. The van der Waals surface area contributed by atoms with E-state index in [-0.39, 0.29) is 61.5 Å². The standard InChI is InChI=1S/C67H103ClN8O13S2/c1-16-44(5)58-61(81)72-48(9)65(85)89-59(45(6)17-2)46(7)23-22-24-47(8)64(84)88-53(39-43(3)4)60(80)73-51(62(82)76(15)52(40-49-27-29-50(68)30-28-49)63(83)75(14)42-56(79)74-58)25-18-20-33-69-55(78)41-67(12,13)86-36-32-66(10,11)87-37-35-70-54(77)31-38-90-91-57-26-19-21-34-71-57/h17,19,21,24,26-30,34,43-44,46,48,51-53,58-59H,16,18,20,22-23,25,31-33,35-42H2,1-15H3,(H,69,78)(H,70,77)(H,72,81)(H,73,80)(H,74,79)/b45-17+,47-24+/t44-,46+,48-,51?,52-,53-,58+,59-/m1/s1. The van der Waals surface area contributed by atoms with Gasteiger partial charge in [0.05, 0.1) is 37.4 Å². The molecule has 2 heterocycles. The molecule has 8 atom stereocenters.